The number of rotatable bonds is 5. The maximum absolute atomic E-state index is 12.8. The summed E-state index contributed by atoms with van der Waals surface area (Å²) in [6.45, 7) is 0.574. The molecule has 1 amide bonds. The third kappa shape index (κ3) is 3.79. The highest BCUT2D eigenvalue weighted by atomic mass is 32.2. The number of ether oxygens (including phenoxy) is 1. The molecule has 140 valence electrons. The minimum Gasteiger partial charge on any atom is -0.494 e. The molecule has 0 spiro atoms. The number of benzene rings is 2. The summed E-state index contributed by atoms with van der Waals surface area (Å²) in [5.41, 5.74) is 2.67. The second kappa shape index (κ2) is 8.12. The first-order valence-corrected chi connectivity index (χ1v) is 10.1. The van der Waals surface area contributed by atoms with Crippen LogP contribution in [0.15, 0.2) is 65.6 Å². The average Bonchev–Trinajstić information content (AvgIpc) is 2.99. The Labute approximate surface area is 173 Å². The van der Waals surface area contributed by atoms with Gasteiger partial charge in [-0.2, -0.15) is 0 Å². The van der Waals surface area contributed by atoms with Gasteiger partial charge in [0, 0.05) is 11.9 Å². The molecule has 4 rings (SSSR count). The van der Waals surface area contributed by atoms with Gasteiger partial charge in [-0.05, 0) is 30.2 Å². The van der Waals surface area contributed by atoms with Crippen molar-refractivity contribution in [1.29, 1.82) is 0 Å². The third-order valence-electron chi connectivity index (χ3n) is 4.54. The van der Waals surface area contributed by atoms with Crippen molar-refractivity contribution in [3.05, 3.63) is 76.8 Å². The monoisotopic (exact) mass is 406 g/mol. The van der Waals surface area contributed by atoms with E-state index in [0.717, 1.165) is 17.3 Å². The molecule has 0 unspecified atom stereocenters. The van der Waals surface area contributed by atoms with Crippen LogP contribution < -0.4 is 4.74 Å². The van der Waals surface area contributed by atoms with Gasteiger partial charge in [0.2, 0.25) is 0 Å². The van der Waals surface area contributed by atoms with E-state index in [0.29, 0.717) is 27.2 Å². The van der Waals surface area contributed by atoms with Crippen LogP contribution in [0.25, 0.3) is 17.0 Å². The van der Waals surface area contributed by atoms with Gasteiger partial charge in [-0.15, -0.1) is 0 Å². The van der Waals surface area contributed by atoms with Gasteiger partial charge in [-0.25, -0.2) is 4.98 Å². The normalized spacial score (nSPS) is 15.6. The van der Waals surface area contributed by atoms with Gasteiger partial charge in [0.15, 0.2) is 0 Å². The SMILES string of the molecule is COc1cccc2ccc(/C=C3/SC(=S)N(CCc4ccccc4)C3=O)nc12. The maximum Gasteiger partial charge on any atom is 0.266 e. The van der Waals surface area contributed by atoms with E-state index in [1.165, 1.54) is 17.3 Å². The van der Waals surface area contributed by atoms with E-state index in [9.17, 15) is 4.79 Å². The molecule has 0 bridgehead atoms. The average molecular weight is 407 g/mol. The lowest BCUT2D eigenvalue weighted by Gasteiger charge is -2.14. The van der Waals surface area contributed by atoms with Crippen LogP contribution in [0.4, 0.5) is 0 Å². The zero-order valence-corrected chi connectivity index (χ0v) is 16.9. The number of methoxy groups -OCH3 is 1. The lowest BCUT2D eigenvalue weighted by Crippen LogP contribution is -2.30. The van der Waals surface area contributed by atoms with Crippen molar-refractivity contribution in [2.75, 3.05) is 13.7 Å². The van der Waals surface area contributed by atoms with Crippen LogP contribution in [-0.4, -0.2) is 33.8 Å². The topological polar surface area (TPSA) is 42.4 Å². The van der Waals surface area contributed by atoms with Crippen molar-refractivity contribution < 1.29 is 9.53 Å². The van der Waals surface area contributed by atoms with Crippen LogP contribution >= 0.6 is 24.0 Å². The van der Waals surface area contributed by atoms with Crippen molar-refractivity contribution in [3.63, 3.8) is 0 Å². The van der Waals surface area contributed by atoms with Crippen LogP contribution in [-0.2, 0) is 11.2 Å². The van der Waals surface area contributed by atoms with E-state index < -0.39 is 0 Å². The number of hydrogen-bond acceptors (Lipinski definition) is 5. The minimum atomic E-state index is -0.0622. The number of para-hydroxylation sites is 1. The molecule has 2 heterocycles. The van der Waals surface area contributed by atoms with Gasteiger partial charge in [0.25, 0.3) is 5.91 Å². The summed E-state index contributed by atoms with van der Waals surface area (Å²) in [4.78, 5) is 19.7. The number of pyridine rings is 1. The molecule has 1 aromatic heterocycles. The predicted molar refractivity (Wildman–Crippen MR) is 118 cm³/mol. The largest absolute Gasteiger partial charge is 0.494 e. The highest BCUT2D eigenvalue weighted by molar-refractivity contribution is 8.26. The number of carbonyl (C=O) groups excluding carboxylic acids is 1. The van der Waals surface area contributed by atoms with E-state index in [2.05, 4.69) is 17.1 Å². The number of carbonyl (C=O) groups is 1. The molecule has 0 aliphatic carbocycles. The summed E-state index contributed by atoms with van der Waals surface area (Å²) in [7, 11) is 1.63. The second-order valence-corrected chi connectivity index (χ2v) is 8.01. The minimum absolute atomic E-state index is 0.0622. The molecule has 28 heavy (non-hydrogen) atoms. The van der Waals surface area contributed by atoms with Crippen molar-refractivity contribution in [2.45, 2.75) is 6.42 Å². The van der Waals surface area contributed by atoms with Crippen molar-refractivity contribution in [2.24, 2.45) is 0 Å². The first kappa shape index (κ1) is 18.7. The van der Waals surface area contributed by atoms with Gasteiger partial charge in [-0.3, -0.25) is 9.69 Å². The Morgan fingerprint density at radius 2 is 1.93 bits per heavy atom. The molecule has 0 radical (unpaired) electrons. The molecule has 3 aromatic rings. The fraction of sp³-hybridized carbons (Fsp3) is 0.136. The van der Waals surface area contributed by atoms with Gasteiger partial charge in [0.1, 0.15) is 15.6 Å². The predicted octanol–water partition coefficient (Wildman–Crippen LogP) is 4.69. The number of thioether (sulfide) groups is 1. The standard InChI is InChI=1S/C22H18N2O2S2/c1-26-18-9-5-8-16-10-11-17(23-20(16)18)14-19-21(25)24(22(27)28-19)13-12-15-6-3-2-4-7-15/h2-11,14H,12-13H2,1H3/b19-14+. The van der Waals surface area contributed by atoms with Crippen LogP contribution in [0.2, 0.25) is 0 Å². The Kier molecular flexibility index (Phi) is 5.41. The van der Waals surface area contributed by atoms with Crippen LogP contribution in [0.1, 0.15) is 11.3 Å². The van der Waals surface area contributed by atoms with E-state index >= 15 is 0 Å². The molecule has 1 aliphatic heterocycles. The molecular formula is C22H18N2O2S2. The molecule has 1 aliphatic rings. The van der Waals surface area contributed by atoms with Crippen molar-refractivity contribution in [1.82, 2.24) is 9.88 Å². The molecule has 1 saturated heterocycles. The van der Waals surface area contributed by atoms with Gasteiger partial charge < -0.3 is 4.74 Å². The molecule has 6 heteroatoms. The highest BCUT2D eigenvalue weighted by Gasteiger charge is 2.31. The van der Waals surface area contributed by atoms with Crippen molar-refractivity contribution in [3.8, 4) is 5.75 Å². The Balaban J connectivity index is 1.56. The second-order valence-electron chi connectivity index (χ2n) is 6.34. The summed E-state index contributed by atoms with van der Waals surface area (Å²) in [6, 6.07) is 19.8. The Morgan fingerprint density at radius 1 is 1.11 bits per heavy atom. The summed E-state index contributed by atoms with van der Waals surface area (Å²) in [6.07, 6.45) is 2.57. The number of fused-ring (bicyclic) bond motifs is 1. The lowest BCUT2D eigenvalue weighted by molar-refractivity contribution is -0.122. The molecule has 0 atom stereocenters. The number of amides is 1. The zero-order chi connectivity index (χ0) is 19.5. The third-order valence-corrected chi connectivity index (χ3v) is 5.92. The van der Waals surface area contributed by atoms with Crippen LogP contribution in [0.5, 0.6) is 5.75 Å². The van der Waals surface area contributed by atoms with Crippen LogP contribution in [0.3, 0.4) is 0 Å². The van der Waals surface area contributed by atoms with E-state index in [1.807, 2.05) is 48.5 Å². The number of aromatic nitrogens is 1. The first-order chi connectivity index (χ1) is 13.7. The molecular weight excluding hydrogens is 388 g/mol. The summed E-state index contributed by atoms with van der Waals surface area (Å²) >= 11 is 6.75. The zero-order valence-electron chi connectivity index (χ0n) is 15.3. The summed E-state index contributed by atoms with van der Waals surface area (Å²) < 4.78 is 5.99. The van der Waals surface area contributed by atoms with E-state index in [-0.39, 0.29) is 5.91 Å². The van der Waals surface area contributed by atoms with Crippen molar-refractivity contribution >= 4 is 51.2 Å². The fourth-order valence-corrected chi connectivity index (χ4v) is 4.39. The van der Waals surface area contributed by atoms with E-state index in [4.69, 9.17) is 17.0 Å². The molecule has 2 aromatic carbocycles. The maximum atomic E-state index is 12.8. The fourth-order valence-electron chi connectivity index (χ4n) is 3.09. The summed E-state index contributed by atoms with van der Waals surface area (Å²) in [5.74, 6) is 0.649. The first-order valence-electron chi connectivity index (χ1n) is 8.89. The van der Waals surface area contributed by atoms with E-state index in [1.54, 1.807) is 18.1 Å². The Morgan fingerprint density at radius 3 is 2.71 bits per heavy atom. The molecule has 1 fully saturated rings. The van der Waals surface area contributed by atoms with Gasteiger partial charge in [-0.1, -0.05) is 72.5 Å². The molecule has 0 N–H and O–H groups in total. The number of nitrogens with zero attached hydrogens (tertiary/aromatic N) is 2. The lowest BCUT2D eigenvalue weighted by atomic mass is 10.1. The number of hydrogen-bond donors (Lipinski definition) is 0. The Hall–Kier alpha value is -2.70. The van der Waals surface area contributed by atoms with Crippen LogP contribution in [0, 0.1) is 0 Å². The molecule has 4 nitrogen and oxygen atoms in total. The smallest absolute Gasteiger partial charge is 0.266 e. The molecule has 0 saturated carbocycles. The highest BCUT2D eigenvalue weighted by Crippen LogP contribution is 2.33. The number of thiocarbonyl (C=S) groups is 1. The summed E-state index contributed by atoms with van der Waals surface area (Å²) in [5, 5.41) is 0.993. The van der Waals surface area contributed by atoms with Gasteiger partial charge >= 0.3 is 0 Å². The Bertz CT molecular complexity index is 1080. The van der Waals surface area contributed by atoms with Gasteiger partial charge in [0.05, 0.1) is 17.7 Å². The quantitative estimate of drug-likeness (QED) is 0.454.